The molecule has 0 aliphatic heterocycles. The molecule has 0 heterocycles. The maximum atomic E-state index is 11.0. The quantitative estimate of drug-likeness (QED) is 0.751. The Bertz CT molecular complexity index is 427. The lowest BCUT2D eigenvalue weighted by molar-refractivity contribution is 0.0693. The van der Waals surface area contributed by atoms with Crippen molar-refractivity contribution in [3.8, 4) is 5.75 Å². The van der Waals surface area contributed by atoms with Crippen LogP contribution in [0.3, 0.4) is 0 Å². The van der Waals surface area contributed by atoms with Gasteiger partial charge in [0.1, 0.15) is 11.3 Å². The van der Waals surface area contributed by atoms with Gasteiger partial charge in [-0.25, -0.2) is 4.79 Å². The first-order valence-electron chi connectivity index (χ1n) is 5.65. The summed E-state index contributed by atoms with van der Waals surface area (Å²) in [6.07, 6.45) is 0.704. The third-order valence-corrected chi connectivity index (χ3v) is 2.64. The number of phenols is 1. The first-order valence-corrected chi connectivity index (χ1v) is 5.65. The summed E-state index contributed by atoms with van der Waals surface area (Å²) < 4.78 is 0. The predicted molar refractivity (Wildman–Crippen MR) is 66.2 cm³/mol. The smallest absolute Gasteiger partial charge is 0.339 e. The van der Waals surface area contributed by atoms with Gasteiger partial charge in [-0.15, -0.1) is 0 Å². The molecule has 17 heavy (non-hydrogen) atoms. The molecule has 1 aromatic carbocycles. The molecular weight excluding hydrogens is 218 g/mol. The number of aromatic carboxylic acids is 1. The molecule has 4 heteroatoms. The van der Waals surface area contributed by atoms with Crippen LogP contribution >= 0.6 is 0 Å². The normalized spacial score (nSPS) is 12.8. The van der Waals surface area contributed by atoms with Gasteiger partial charge in [0.15, 0.2) is 0 Å². The summed E-state index contributed by atoms with van der Waals surface area (Å²) in [6.45, 7) is 5.85. The molecule has 1 atom stereocenters. The Morgan fingerprint density at radius 2 is 2.00 bits per heavy atom. The van der Waals surface area contributed by atoms with E-state index in [1.165, 1.54) is 6.07 Å². The van der Waals surface area contributed by atoms with E-state index in [4.69, 9.17) is 10.8 Å². The summed E-state index contributed by atoms with van der Waals surface area (Å²) in [7, 11) is 0. The van der Waals surface area contributed by atoms with Crippen LogP contribution in [0.5, 0.6) is 5.75 Å². The highest BCUT2D eigenvalue weighted by Gasteiger charge is 2.19. The topological polar surface area (TPSA) is 83.5 Å². The van der Waals surface area contributed by atoms with Crippen molar-refractivity contribution in [2.75, 3.05) is 0 Å². The van der Waals surface area contributed by atoms with Gasteiger partial charge in [0.05, 0.1) is 0 Å². The number of carboxylic acids is 1. The molecule has 0 aromatic heterocycles. The molecule has 94 valence electrons. The number of aryl methyl sites for hydroxylation is 1. The second-order valence-corrected chi connectivity index (χ2v) is 4.79. The molecule has 0 spiro atoms. The number of hydrogen-bond acceptors (Lipinski definition) is 3. The Morgan fingerprint density at radius 3 is 2.47 bits per heavy atom. The van der Waals surface area contributed by atoms with Crippen LogP contribution in [-0.4, -0.2) is 16.2 Å². The molecular formula is C13H19NO3. The van der Waals surface area contributed by atoms with Crippen LogP contribution in [-0.2, 0) is 0 Å². The van der Waals surface area contributed by atoms with Gasteiger partial charge in [-0.1, -0.05) is 19.9 Å². The average molecular weight is 237 g/mol. The highest BCUT2D eigenvalue weighted by Crippen LogP contribution is 2.31. The van der Waals surface area contributed by atoms with Crippen molar-refractivity contribution in [3.05, 3.63) is 28.8 Å². The maximum Gasteiger partial charge on any atom is 0.339 e. The van der Waals surface area contributed by atoms with Gasteiger partial charge in [0, 0.05) is 11.6 Å². The van der Waals surface area contributed by atoms with Crippen LogP contribution < -0.4 is 5.73 Å². The van der Waals surface area contributed by atoms with Crippen LogP contribution in [0, 0.1) is 12.8 Å². The highest BCUT2D eigenvalue weighted by molar-refractivity contribution is 5.91. The molecule has 0 unspecified atom stereocenters. The minimum atomic E-state index is -1.14. The van der Waals surface area contributed by atoms with E-state index >= 15 is 0 Å². The molecule has 0 saturated carbocycles. The zero-order chi connectivity index (χ0) is 13.2. The second kappa shape index (κ2) is 5.19. The zero-order valence-corrected chi connectivity index (χ0v) is 10.4. The first kappa shape index (κ1) is 13.5. The fraction of sp³-hybridized carbons (Fsp3) is 0.462. The van der Waals surface area contributed by atoms with E-state index in [0.717, 1.165) is 5.56 Å². The molecule has 0 amide bonds. The Morgan fingerprint density at radius 1 is 1.41 bits per heavy atom. The highest BCUT2D eigenvalue weighted by atomic mass is 16.4. The summed E-state index contributed by atoms with van der Waals surface area (Å²) in [5, 5.41) is 18.9. The standard InChI is InChI=1S/C13H19NO3/c1-7(2)4-11(14)9-5-8(3)6-10(12(9)15)13(16)17/h5-7,11,15H,4,14H2,1-3H3,(H,16,17)/t11-/m0/s1. The fourth-order valence-corrected chi connectivity index (χ4v) is 1.89. The monoisotopic (exact) mass is 237 g/mol. The van der Waals surface area contributed by atoms with Crippen molar-refractivity contribution in [1.29, 1.82) is 0 Å². The Balaban J connectivity index is 3.19. The van der Waals surface area contributed by atoms with Crippen molar-refractivity contribution in [2.24, 2.45) is 11.7 Å². The molecule has 1 rings (SSSR count). The molecule has 0 bridgehead atoms. The van der Waals surface area contributed by atoms with Gasteiger partial charge >= 0.3 is 5.97 Å². The van der Waals surface area contributed by atoms with Crippen molar-refractivity contribution in [3.63, 3.8) is 0 Å². The Labute approximate surface area is 101 Å². The molecule has 0 fully saturated rings. The molecule has 0 aliphatic carbocycles. The fourth-order valence-electron chi connectivity index (χ4n) is 1.89. The minimum absolute atomic E-state index is 0.0841. The molecule has 4 nitrogen and oxygen atoms in total. The van der Waals surface area contributed by atoms with Gasteiger partial charge in [0.2, 0.25) is 0 Å². The van der Waals surface area contributed by atoms with Crippen molar-refractivity contribution >= 4 is 5.97 Å². The minimum Gasteiger partial charge on any atom is -0.507 e. The van der Waals surface area contributed by atoms with Crippen LogP contribution in [0.2, 0.25) is 0 Å². The van der Waals surface area contributed by atoms with Crippen molar-refractivity contribution < 1.29 is 15.0 Å². The third kappa shape index (κ3) is 3.20. The summed E-state index contributed by atoms with van der Waals surface area (Å²) in [4.78, 5) is 11.0. The van der Waals surface area contributed by atoms with Crippen LogP contribution in [0.4, 0.5) is 0 Å². The Kier molecular flexibility index (Phi) is 4.12. The molecule has 0 saturated heterocycles. The van der Waals surface area contributed by atoms with E-state index in [9.17, 15) is 9.90 Å². The number of nitrogens with two attached hydrogens (primary N) is 1. The predicted octanol–water partition coefficient (Wildman–Crippen LogP) is 2.44. The molecule has 0 radical (unpaired) electrons. The number of carbonyl (C=O) groups is 1. The van der Waals surface area contributed by atoms with Crippen LogP contribution in [0.15, 0.2) is 12.1 Å². The van der Waals surface area contributed by atoms with E-state index in [0.29, 0.717) is 17.9 Å². The summed E-state index contributed by atoms with van der Waals surface area (Å²) in [5.74, 6) is -0.960. The first-order chi connectivity index (χ1) is 7.82. The van der Waals surface area contributed by atoms with Gasteiger partial charge in [0.25, 0.3) is 0 Å². The number of rotatable bonds is 4. The lowest BCUT2D eigenvalue weighted by Crippen LogP contribution is -2.14. The lowest BCUT2D eigenvalue weighted by atomic mass is 9.94. The summed E-state index contributed by atoms with van der Waals surface area (Å²) in [6, 6.07) is 2.85. The molecule has 1 aromatic rings. The van der Waals surface area contributed by atoms with Crippen molar-refractivity contribution in [2.45, 2.75) is 33.2 Å². The molecule has 0 aliphatic rings. The summed E-state index contributed by atoms with van der Waals surface area (Å²) >= 11 is 0. The SMILES string of the molecule is Cc1cc(C(=O)O)c(O)c([C@@H](N)CC(C)C)c1. The van der Waals surface area contributed by atoms with Crippen LogP contribution in [0.25, 0.3) is 0 Å². The zero-order valence-electron chi connectivity index (χ0n) is 10.4. The van der Waals surface area contributed by atoms with Gasteiger partial charge in [-0.2, -0.15) is 0 Å². The lowest BCUT2D eigenvalue weighted by Gasteiger charge is -2.17. The van der Waals surface area contributed by atoms with E-state index < -0.39 is 5.97 Å². The van der Waals surface area contributed by atoms with Gasteiger partial charge in [-0.05, 0) is 30.9 Å². The largest absolute Gasteiger partial charge is 0.507 e. The van der Waals surface area contributed by atoms with Gasteiger partial charge < -0.3 is 15.9 Å². The van der Waals surface area contributed by atoms with E-state index in [-0.39, 0.29) is 17.4 Å². The average Bonchev–Trinajstić information content (AvgIpc) is 2.19. The van der Waals surface area contributed by atoms with E-state index in [1.807, 2.05) is 13.8 Å². The maximum absolute atomic E-state index is 11.0. The van der Waals surface area contributed by atoms with Crippen LogP contribution in [0.1, 0.15) is 47.8 Å². The number of benzene rings is 1. The number of carboxylic acid groups (broad SMARTS) is 1. The second-order valence-electron chi connectivity index (χ2n) is 4.79. The van der Waals surface area contributed by atoms with Gasteiger partial charge in [-0.3, -0.25) is 0 Å². The molecule has 4 N–H and O–H groups in total. The number of aromatic hydroxyl groups is 1. The van der Waals surface area contributed by atoms with Crippen molar-refractivity contribution in [1.82, 2.24) is 0 Å². The Hall–Kier alpha value is -1.55. The number of hydrogen-bond donors (Lipinski definition) is 3. The van der Waals surface area contributed by atoms with E-state index in [2.05, 4.69) is 0 Å². The van der Waals surface area contributed by atoms with E-state index in [1.54, 1.807) is 13.0 Å². The third-order valence-electron chi connectivity index (χ3n) is 2.64. The summed E-state index contributed by atoms with van der Waals surface area (Å²) in [5.41, 5.74) is 7.19.